The number of nitrogens with one attached hydrogen (secondary N) is 1. The van der Waals surface area contributed by atoms with Gasteiger partial charge in [0.1, 0.15) is 5.52 Å². The molecule has 1 atom stereocenters. The molecule has 1 fully saturated rings. The van der Waals surface area contributed by atoms with E-state index in [-0.39, 0.29) is 0 Å². The lowest BCUT2D eigenvalue weighted by Gasteiger charge is -2.20. The Hall–Kier alpha value is -1.35. The molecule has 1 saturated carbocycles. The molecule has 21 heavy (non-hydrogen) atoms. The quantitative estimate of drug-likeness (QED) is 0.823. The largest absolute Gasteiger partial charge is 0.441 e. The maximum Gasteiger partial charge on any atom is 0.197 e. The molecule has 1 aromatic carbocycles. The van der Waals surface area contributed by atoms with E-state index in [4.69, 9.17) is 4.42 Å². The van der Waals surface area contributed by atoms with Crippen molar-refractivity contribution in [1.29, 1.82) is 0 Å². The van der Waals surface area contributed by atoms with Gasteiger partial charge in [-0.3, -0.25) is 0 Å². The number of hydrogen-bond donors (Lipinski definition) is 1. The van der Waals surface area contributed by atoms with E-state index in [0.717, 1.165) is 35.9 Å². The van der Waals surface area contributed by atoms with Crippen molar-refractivity contribution >= 4 is 11.1 Å². The topological polar surface area (TPSA) is 38.1 Å². The monoisotopic (exact) mass is 286 g/mol. The highest BCUT2D eigenvalue weighted by Crippen LogP contribution is 2.29. The normalized spacial score (nSPS) is 17.6. The first-order valence-corrected chi connectivity index (χ1v) is 8.43. The molecule has 114 valence electrons. The lowest BCUT2D eigenvalue weighted by molar-refractivity contribution is 0.363. The van der Waals surface area contributed by atoms with E-state index in [0.29, 0.717) is 6.04 Å². The molecule has 2 aromatic rings. The van der Waals surface area contributed by atoms with Crippen molar-refractivity contribution < 1.29 is 4.42 Å². The summed E-state index contributed by atoms with van der Waals surface area (Å²) >= 11 is 0. The predicted octanol–water partition coefficient (Wildman–Crippen LogP) is 4.32. The maximum atomic E-state index is 5.89. The summed E-state index contributed by atoms with van der Waals surface area (Å²) in [6.45, 7) is 3.30. The minimum absolute atomic E-state index is 0.501. The third-order valence-corrected chi connectivity index (χ3v) is 4.53. The van der Waals surface area contributed by atoms with Crippen LogP contribution in [0.5, 0.6) is 0 Å². The van der Waals surface area contributed by atoms with Gasteiger partial charge in [0.2, 0.25) is 0 Å². The molecule has 1 aliphatic carbocycles. The summed E-state index contributed by atoms with van der Waals surface area (Å²) < 4.78 is 5.89. The van der Waals surface area contributed by atoms with Crippen molar-refractivity contribution in [3.8, 4) is 0 Å². The van der Waals surface area contributed by atoms with Gasteiger partial charge >= 0.3 is 0 Å². The Morgan fingerprint density at radius 3 is 2.86 bits per heavy atom. The highest BCUT2D eigenvalue weighted by molar-refractivity contribution is 5.72. The molecule has 0 spiro atoms. The van der Waals surface area contributed by atoms with E-state index < -0.39 is 0 Å². The molecule has 0 bridgehead atoms. The summed E-state index contributed by atoms with van der Waals surface area (Å²) in [7, 11) is 0. The molecule has 3 nitrogen and oxygen atoms in total. The van der Waals surface area contributed by atoms with Crippen LogP contribution in [0.1, 0.15) is 51.3 Å². The van der Waals surface area contributed by atoms with Crippen molar-refractivity contribution in [3.05, 3.63) is 30.2 Å². The second kappa shape index (κ2) is 7.08. The third kappa shape index (κ3) is 3.85. The van der Waals surface area contributed by atoms with Crippen LogP contribution in [0.3, 0.4) is 0 Å². The van der Waals surface area contributed by atoms with Gasteiger partial charge < -0.3 is 9.73 Å². The molecule has 3 rings (SSSR count). The molecule has 1 aromatic heterocycles. The van der Waals surface area contributed by atoms with Crippen LogP contribution in [0.15, 0.2) is 28.7 Å². The fourth-order valence-electron chi connectivity index (χ4n) is 3.45. The Kier molecular flexibility index (Phi) is 4.91. The first kappa shape index (κ1) is 14.6. The molecule has 3 heteroatoms. The van der Waals surface area contributed by atoms with Gasteiger partial charge in [-0.05, 0) is 37.4 Å². The Morgan fingerprint density at radius 1 is 1.29 bits per heavy atom. The number of nitrogens with zero attached hydrogens (tertiary/aromatic N) is 1. The highest BCUT2D eigenvalue weighted by Gasteiger charge is 2.21. The molecule has 0 saturated heterocycles. The summed E-state index contributed by atoms with van der Waals surface area (Å²) in [6, 6.07) is 8.54. The Bertz CT molecular complexity index is 524. The van der Waals surface area contributed by atoms with Crippen molar-refractivity contribution in [2.24, 2.45) is 5.92 Å². The maximum absolute atomic E-state index is 5.89. The number of fused-ring (bicyclic) bond motifs is 1. The zero-order valence-corrected chi connectivity index (χ0v) is 13.0. The van der Waals surface area contributed by atoms with E-state index >= 15 is 0 Å². The number of para-hydroxylation sites is 2. The first-order valence-electron chi connectivity index (χ1n) is 8.43. The van der Waals surface area contributed by atoms with Gasteiger partial charge in [0.25, 0.3) is 0 Å². The molecular weight excluding hydrogens is 260 g/mol. The van der Waals surface area contributed by atoms with E-state index in [9.17, 15) is 0 Å². The highest BCUT2D eigenvalue weighted by atomic mass is 16.3. The summed E-state index contributed by atoms with van der Waals surface area (Å²) in [4.78, 5) is 4.63. The fourth-order valence-corrected chi connectivity index (χ4v) is 3.45. The van der Waals surface area contributed by atoms with Gasteiger partial charge in [0, 0.05) is 12.5 Å². The van der Waals surface area contributed by atoms with Crippen molar-refractivity contribution in [2.75, 3.05) is 6.54 Å². The van der Waals surface area contributed by atoms with Gasteiger partial charge in [-0.1, -0.05) is 44.7 Å². The van der Waals surface area contributed by atoms with Crippen LogP contribution in [0.25, 0.3) is 11.1 Å². The number of oxazole rings is 1. The average Bonchev–Trinajstić information content (AvgIpc) is 3.13. The predicted molar refractivity (Wildman–Crippen MR) is 86.4 cm³/mol. The van der Waals surface area contributed by atoms with Crippen molar-refractivity contribution in [3.63, 3.8) is 0 Å². The third-order valence-electron chi connectivity index (χ3n) is 4.53. The molecule has 0 aliphatic heterocycles. The second-order valence-corrected chi connectivity index (χ2v) is 6.32. The first-order chi connectivity index (χ1) is 10.3. The lowest BCUT2D eigenvalue weighted by atomic mass is 9.96. The molecule has 1 heterocycles. The van der Waals surface area contributed by atoms with Crippen LogP contribution in [-0.4, -0.2) is 17.6 Å². The minimum Gasteiger partial charge on any atom is -0.441 e. The fraction of sp³-hybridized carbons (Fsp3) is 0.611. The summed E-state index contributed by atoms with van der Waals surface area (Å²) in [5, 5.41) is 3.69. The van der Waals surface area contributed by atoms with Gasteiger partial charge in [-0.25, -0.2) is 4.98 Å². The standard InChI is InChI=1S/C18H26N2O/c1-2-11-19-15(12-14-7-3-4-8-14)13-18-20-16-9-5-6-10-17(16)21-18/h5-6,9-10,14-15,19H,2-4,7-8,11-13H2,1H3. The van der Waals surface area contributed by atoms with Gasteiger partial charge in [0.15, 0.2) is 11.5 Å². The van der Waals surface area contributed by atoms with Crippen LogP contribution < -0.4 is 5.32 Å². The molecular formula is C18H26N2O. The average molecular weight is 286 g/mol. The van der Waals surface area contributed by atoms with Gasteiger partial charge in [-0.2, -0.15) is 0 Å². The Morgan fingerprint density at radius 2 is 2.10 bits per heavy atom. The van der Waals surface area contributed by atoms with E-state index in [2.05, 4.69) is 17.2 Å². The summed E-state index contributed by atoms with van der Waals surface area (Å²) in [6.07, 6.45) is 8.97. The van der Waals surface area contributed by atoms with Gasteiger partial charge in [-0.15, -0.1) is 0 Å². The van der Waals surface area contributed by atoms with Crippen molar-refractivity contribution in [2.45, 2.75) is 57.9 Å². The smallest absolute Gasteiger partial charge is 0.197 e. The summed E-state index contributed by atoms with van der Waals surface area (Å²) in [5.41, 5.74) is 1.88. The van der Waals surface area contributed by atoms with Gasteiger partial charge in [0.05, 0.1) is 0 Å². The number of aromatic nitrogens is 1. The van der Waals surface area contributed by atoms with E-state index in [1.165, 1.54) is 38.5 Å². The molecule has 0 radical (unpaired) electrons. The Balaban J connectivity index is 1.66. The second-order valence-electron chi connectivity index (χ2n) is 6.32. The lowest BCUT2D eigenvalue weighted by Crippen LogP contribution is -2.33. The van der Waals surface area contributed by atoms with E-state index in [1.807, 2.05) is 24.3 Å². The van der Waals surface area contributed by atoms with Crippen LogP contribution >= 0.6 is 0 Å². The Labute approximate surface area is 127 Å². The molecule has 1 aliphatic rings. The van der Waals surface area contributed by atoms with E-state index in [1.54, 1.807) is 0 Å². The molecule has 1 N–H and O–H groups in total. The van der Waals surface area contributed by atoms with Crippen LogP contribution in [0.2, 0.25) is 0 Å². The zero-order chi connectivity index (χ0) is 14.5. The zero-order valence-electron chi connectivity index (χ0n) is 13.0. The van der Waals surface area contributed by atoms with Crippen LogP contribution in [-0.2, 0) is 6.42 Å². The number of hydrogen-bond acceptors (Lipinski definition) is 3. The number of benzene rings is 1. The SMILES string of the molecule is CCCNC(Cc1nc2ccccc2o1)CC1CCCC1. The molecule has 1 unspecified atom stereocenters. The molecule has 0 amide bonds. The van der Waals surface area contributed by atoms with Crippen LogP contribution in [0, 0.1) is 5.92 Å². The summed E-state index contributed by atoms with van der Waals surface area (Å²) in [5.74, 6) is 1.77. The van der Waals surface area contributed by atoms with Crippen LogP contribution in [0.4, 0.5) is 0 Å². The number of rotatable bonds is 7. The minimum atomic E-state index is 0.501. The van der Waals surface area contributed by atoms with Crippen molar-refractivity contribution in [1.82, 2.24) is 10.3 Å².